The summed E-state index contributed by atoms with van der Waals surface area (Å²) >= 11 is 0. The topological polar surface area (TPSA) is 37.4 Å². The third-order valence-electron chi connectivity index (χ3n) is 4.56. The normalized spacial score (nSPS) is 27.8. The number of nitrogens with zero attached hydrogens (tertiary/aromatic N) is 1. The highest BCUT2D eigenvalue weighted by Gasteiger charge is 2.38. The van der Waals surface area contributed by atoms with Crippen molar-refractivity contribution in [1.29, 1.82) is 0 Å². The molecule has 6 heteroatoms. The summed E-state index contributed by atoms with van der Waals surface area (Å²) in [5, 5.41) is 0. The Morgan fingerprint density at radius 1 is 1.14 bits per heavy atom. The van der Waals surface area contributed by atoms with Gasteiger partial charge in [0.05, 0.1) is 6.42 Å². The minimum absolute atomic E-state index is 0.158. The van der Waals surface area contributed by atoms with Gasteiger partial charge in [0.2, 0.25) is 5.91 Å². The average Bonchev–Trinajstić information content (AvgIpc) is 2.44. The SMILES string of the molecule is O=C1CCCCC1C1CCCCN1C(=O)CCC(F)(F)F. The summed E-state index contributed by atoms with van der Waals surface area (Å²) in [6, 6.07) is -0.174. The van der Waals surface area contributed by atoms with E-state index >= 15 is 0 Å². The molecular weight excluding hydrogens is 283 g/mol. The number of piperidine rings is 1. The number of hydrogen-bond donors (Lipinski definition) is 0. The molecule has 2 rings (SSSR count). The molecule has 0 aromatic carbocycles. The van der Waals surface area contributed by atoms with Crippen molar-refractivity contribution in [3.8, 4) is 0 Å². The molecule has 2 aliphatic rings. The van der Waals surface area contributed by atoms with Gasteiger partial charge in [0.25, 0.3) is 0 Å². The Labute approximate surface area is 122 Å². The lowest BCUT2D eigenvalue weighted by Gasteiger charge is -2.41. The summed E-state index contributed by atoms with van der Waals surface area (Å²) in [4.78, 5) is 25.7. The summed E-state index contributed by atoms with van der Waals surface area (Å²) < 4.78 is 36.8. The van der Waals surface area contributed by atoms with Gasteiger partial charge in [-0.3, -0.25) is 9.59 Å². The zero-order chi connectivity index (χ0) is 15.5. The Balaban J connectivity index is 2.01. The fourth-order valence-electron chi connectivity index (χ4n) is 3.49. The number of Topliss-reactive ketones (excluding diaryl/α,β-unsaturated/α-hetero) is 1. The Hall–Kier alpha value is -1.07. The molecule has 0 spiro atoms. The second-order valence-electron chi connectivity index (χ2n) is 6.08. The van der Waals surface area contributed by atoms with E-state index in [0.717, 1.165) is 38.5 Å². The molecule has 0 radical (unpaired) electrons. The van der Waals surface area contributed by atoms with Gasteiger partial charge in [-0.25, -0.2) is 0 Å². The number of likely N-dealkylation sites (tertiary alicyclic amines) is 1. The van der Waals surface area contributed by atoms with Crippen LogP contribution in [0.1, 0.15) is 57.8 Å². The van der Waals surface area contributed by atoms with Gasteiger partial charge in [-0.1, -0.05) is 6.42 Å². The maximum Gasteiger partial charge on any atom is 0.389 e. The number of carbonyl (C=O) groups is 2. The lowest BCUT2D eigenvalue weighted by atomic mass is 9.79. The van der Waals surface area contributed by atoms with E-state index in [1.54, 1.807) is 4.90 Å². The van der Waals surface area contributed by atoms with Gasteiger partial charge in [0, 0.05) is 31.3 Å². The fourth-order valence-corrected chi connectivity index (χ4v) is 3.49. The fraction of sp³-hybridized carbons (Fsp3) is 0.867. The number of hydrogen-bond acceptors (Lipinski definition) is 2. The Kier molecular flexibility index (Phi) is 5.27. The molecule has 2 unspecified atom stereocenters. The third-order valence-corrected chi connectivity index (χ3v) is 4.56. The van der Waals surface area contributed by atoms with Gasteiger partial charge in [0.15, 0.2) is 0 Å². The average molecular weight is 305 g/mol. The summed E-state index contributed by atoms with van der Waals surface area (Å²) in [6.45, 7) is 0.491. The molecule has 0 N–H and O–H groups in total. The van der Waals surface area contributed by atoms with Crippen molar-refractivity contribution in [2.24, 2.45) is 5.92 Å². The van der Waals surface area contributed by atoms with Crippen LogP contribution in [0.25, 0.3) is 0 Å². The number of ketones is 1. The Morgan fingerprint density at radius 3 is 2.52 bits per heavy atom. The molecule has 1 aliphatic heterocycles. The first-order valence-electron chi connectivity index (χ1n) is 7.77. The monoisotopic (exact) mass is 305 g/mol. The standard InChI is InChI=1S/C15H22F3NO2/c16-15(17,18)9-8-14(21)19-10-4-3-6-12(19)11-5-1-2-7-13(11)20/h11-12H,1-10H2. The van der Waals surface area contributed by atoms with Crippen molar-refractivity contribution in [3.05, 3.63) is 0 Å². The number of halogens is 3. The summed E-state index contributed by atoms with van der Waals surface area (Å²) in [7, 11) is 0. The lowest BCUT2D eigenvalue weighted by molar-refractivity contribution is -0.153. The maximum atomic E-state index is 12.3. The van der Waals surface area contributed by atoms with Crippen molar-refractivity contribution in [1.82, 2.24) is 4.90 Å². The molecule has 1 aliphatic carbocycles. The zero-order valence-corrected chi connectivity index (χ0v) is 12.1. The number of alkyl halides is 3. The van der Waals surface area contributed by atoms with Crippen LogP contribution >= 0.6 is 0 Å². The van der Waals surface area contributed by atoms with Crippen molar-refractivity contribution in [2.75, 3.05) is 6.54 Å². The van der Waals surface area contributed by atoms with Crippen LogP contribution < -0.4 is 0 Å². The molecule has 0 aromatic heterocycles. The van der Waals surface area contributed by atoms with E-state index in [-0.39, 0.29) is 17.7 Å². The van der Waals surface area contributed by atoms with Gasteiger partial charge < -0.3 is 4.90 Å². The number of carbonyl (C=O) groups excluding carboxylic acids is 2. The van der Waals surface area contributed by atoms with Crippen molar-refractivity contribution >= 4 is 11.7 Å². The van der Waals surface area contributed by atoms with E-state index in [0.29, 0.717) is 13.0 Å². The first kappa shape index (κ1) is 16.3. The summed E-state index contributed by atoms with van der Waals surface area (Å²) in [5.74, 6) is -0.425. The summed E-state index contributed by atoms with van der Waals surface area (Å²) in [5.41, 5.74) is 0. The molecule has 1 saturated carbocycles. The first-order chi connectivity index (χ1) is 9.88. The quantitative estimate of drug-likeness (QED) is 0.800. The minimum Gasteiger partial charge on any atom is -0.339 e. The van der Waals surface area contributed by atoms with E-state index in [9.17, 15) is 22.8 Å². The van der Waals surface area contributed by atoms with E-state index in [4.69, 9.17) is 0 Å². The van der Waals surface area contributed by atoms with Crippen LogP contribution in [-0.4, -0.2) is 35.4 Å². The molecule has 1 saturated heterocycles. The predicted molar refractivity (Wildman–Crippen MR) is 71.6 cm³/mol. The molecule has 3 nitrogen and oxygen atoms in total. The van der Waals surface area contributed by atoms with Crippen molar-refractivity contribution in [2.45, 2.75) is 70.0 Å². The molecular formula is C15H22F3NO2. The minimum atomic E-state index is -4.30. The molecule has 1 heterocycles. The second kappa shape index (κ2) is 6.79. The highest BCUT2D eigenvalue weighted by molar-refractivity contribution is 5.84. The van der Waals surface area contributed by atoms with Crippen LogP contribution in [0.15, 0.2) is 0 Å². The smallest absolute Gasteiger partial charge is 0.339 e. The van der Waals surface area contributed by atoms with E-state index in [1.165, 1.54) is 0 Å². The maximum absolute atomic E-state index is 12.3. The van der Waals surface area contributed by atoms with Crippen LogP contribution in [0.2, 0.25) is 0 Å². The van der Waals surface area contributed by atoms with Crippen molar-refractivity contribution in [3.63, 3.8) is 0 Å². The zero-order valence-electron chi connectivity index (χ0n) is 12.1. The van der Waals surface area contributed by atoms with E-state index < -0.39 is 24.9 Å². The highest BCUT2D eigenvalue weighted by atomic mass is 19.4. The van der Waals surface area contributed by atoms with Crippen LogP contribution in [0.4, 0.5) is 13.2 Å². The van der Waals surface area contributed by atoms with Crippen LogP contribution in [0.5, 0.6) is 0 Å². The molecule has 0 bridgehead atoms. The van der Waals surface area contributed by atoms with E-state index in [2.05, 4.69) is 0 Å². The van der Waals surface area contributed by atoms with Gasteiger partial charge in [-0.2, -0.15) is 13.2 Å². The Bertz CT molecular complexity index is 395. The number of rotatable bonds is 3. The third kappa shape index (κ3) is 4.45. The van der Waals surface area contributed by atoms with E-state index in [1.807, 2.05) is 0 Å². The van der Waals surface area contributed by atoms with Gasteiger partial charge in [-0.15, -0.1) is 0 Å². The first-order valence-corrected chi connectivity index (χ1v) is 7.77. The summed E-state index contributed by atoms with van der Waals surface area (Å²) in [6.07, 6.45) is -0.198. The second-order valence-corrected chi connectivity index (χ2v) is 6.08. The molecule has 120 valence electrons. The largest absolute Gasteiger partial charge is 0.389 e. The Morgan fingerprint density at radius 2 is 1.86 bits per heavy atom. The van der Waals surface area contributed by atoms with Crippen LogP contribution in [0.3, 0.4) is 0 Å². The van der Waals surface area contributed by atoms with Gasteiger partial charge >= 0.3 is 6.18 Å². The van der Waals surface area contributed by atoms with Gasteiger partial charge in [0.1, 0.15) is 5.78 Å². The van der Waals surface area contributed by atoms with Crippen LogP contribution in [-0.2, 0) is 9.59 Å². The highest BCUT2D eigenvalue weighted by Crippen LogP contribution is 2.32. The van der Waals surface area contributed by atoms with Crippen molar-refractivity contribution < 1.29 is 22.8 Å². The number of amides is 1. The predicted octanol–water partition coefficient (Wildman–Crippen LogP) is 3.47. The molecule has 21 heavy (non-hydrogen) atoms. The van der Waals surface area contributed by atoms with Gasteiger partial charge in [-0.05, 0) is 32.1 Å². The molecule has 0 aromatic rings. The molecule has 1 amide bonds. The lowest BCUT2D eigenvalue weighted by Crippen LogP contribution is -2.50. The molecule has 2 atom stereocenters. The molecule has 2 fully saturated rings. The van der Waals surface area contributed by atoms with Crippen LogP contribution in [0, 0.1) is 5.92 Å².